The number of hydrogen-bond donors (Lipinski definition) is 0. The monoisotopic (exact) mass is 222 g/mol. The van der Waals surface area contributed by atoms with Crippen LogP contribution in [-0.4, -0.2) is 0 Å². The fourth-order valence-electron chi connectivity index (χ4n) is 1.00. The summed E-state index contributed by atoms with van der Waals surface area (Å²) >= 11 is 0. The summed E-state index contributed by atoms with van der Waals surface area (Å²) in [6.45, 7) is 1.67. The van der Waals surface area contributed by atoms with E-state index in [1.165, 1.54) is 6.08 Å². The highest BCUT2D eigenvalue weighted by Crippen LogP contribution is 2.23. The van der Waals surface area contributed by atoms with Crippen LogP contribution in [0.25, 0.3) is 6.08 Å². The lowest BCUT2D eigenvalue weighted by Crippen LogP contribution is -2.03. The summed E-state index contributed by atoms with van der Waals surface area (Å²) in [4.78, 5) is 0. The molecule has 0 atom stereocenters. The van der Waals surface area contributed by atoms with Crippen LogP contribution in [0.5, 0.6) is 0 Å². The smallest absolute Gasteiger partial charge is 0.200 e. The van der Waals surface area contributed by atoms with Crippen molar-refractivity contribution in [1.29, 1.82) is 0 Å². The Morgan fingerprint density at radius 1 is 0.800 bits per heavy atom. The van der Waals surface area contributed by atoms with E-state index in [0.29, 0.717) is 6.42 Å². The van der Waals surface area contributed by atoms with Gasteiger partial charge in [0.1, 0.15) is 0 Å². The minimum Gasteiger partial charge on any atom is -0.203 e. The van der Waals surface area contributed by atoms with Crippen LogP contribution in [0, 0.1) is 29.1 Å². The van der Waals surface area contributed by atoms with Gasteiger partial charge < -0.3 is 0 Å². The van der Waals surface area contributed by atoms with Gasteiger partial charge in [0.05, 0.1) is 5.56 Å². The first-order valence-electron chi connectivity index (χ1n) is 4.18. The molecular weight excluding hydrogens is 215 g/mol. The summed E-state index contributed by atoms with van der Waals surface area (Å²) < 4.78 is 63.7. The highest BCUT2D eigenvalue weighted by atomic mass is 19.2. The van der Waals surface area contributed by atoms with Crippen LogP contribution in [0.2, 0.25) is 0 Å². The van der Waals surface area contributed by atoms with Gasteiger partial charge in [-0.25, -0.2) is 22.0 Å². The summed E-state index contributed by atoms with van der Waals surface area (Å²) in [7, 11) is 0. The zero-order chi connectivity index (χ0) is 11.6. The minimum atomic E-state index is -2.14. The molecule has 0 saturated heterocycles. The first kappa shape index (κ1) is 11.7. The highest BCUT2D eigenvalue weighted by Gasteiger charge is 2.23. The second kappa shape index (κ2) is 4.42. The third-order valence-electron chi connectivity index (χ3n) is 1.76. The Morgan fingerprint density at radius 3 is 1.60 bits per heavy atom. The average molecular weight is 222 g/mol. The molecule has 15 heavy (non-hydrogen) atoms. The van der Waals surface area contributed by atoms with Crippen LogP contribution in [0.3, 0.4) is 0 Å². The van der Waals surface area contributed by atoms with E-state index >= 15 is 0 Å². The van der Waals surface area contributed by atoms with E-state index in [1.54, 1.807) is 6.92 Å². The third kappa shape index (κ3) is 2.00. The first-order chi connectivity index (χ1) is 7.00. The normalized spacial score (nSPS) is 11.3. The Labute approximate surface area is 83.0 Å². The Balaban J connectivity index is 3.45. The molecule has 0 aliphatic heterocycles. The van der Waals surface area contributed by atoms with E-state index in [0.717, 1.165) is 6.08 Å². The van der Waals surface area contributed by atoms with Crippen molar-refractivity contribution in [1.82, 2.24) is 0 Å². The van der Waals surface area contributed by atoms with Gasteiger partial charge in [-0.2, -0.15) is 0 Å². The van der Waals surface area contributed by atoms with Crippen LogP contribution in [0.1, 0.15) is 18.9 Å². The number of hydrogen-bond acceptors (Lipinski definition) is 0. The van der Waals surface area contributed by atoms with Crippen LogP contribution < -0.4 is 0 Å². The van der Waals surface area contributed by atoms with Gasteiger partial charge >= 0.3 is 0 Å². The zero-order valence-electron chi connectivity index (χ0n) is 7.75. The summed E-state index contributed by atoms with van der Waals surface area (Å²) in [5.41, 5.74) is -0.909. The molecule has 0 fully saturated rings. The standard InChI is InChI=1S/C10H7F5/c1-2-3-4-5-6(11)8(13)10(15)9(14)7(5)12/h3-4H,2H2,1H3/b4-3-. The molecule has 0 aliphatic carbocycles. The van der Waals surface area contributed by atoms with Crippen molar-refractivity contribution in [2.24, 2.45) is 0 Å². The van der Waals surface area contributed by atoms with Crippen LogP contribution >= 0.6 is 0 Å². The van der Waals surface area contributed by atoms with Crippen LogP contribution in [-0.2, 0) is 0 Å². The molecule has 5 heteroatoms. The van der Waals surface area contributed by atoms with Gasteiger partial charge in [0.15, 0.2) is 23.3 Å². The van der Waals surface area contributed by atoms with Gasteiger partial charge in [-0.1, -0.05) is 19.1 Å². The van der Waals surface area contributed by atoms with Crippen LogP contribution in [0.4, 0.5) is 22.0 Å². The van der Waals surface area contributed by atoms with Gasteiger partial charge in [-0.05, 0) is 6.42 Å². The Bertz CT molecular complexity index is 380. The van der Waals surface area contributed by atoms with Gasteiger partial charge in [0.2, 0.25) is 5.82 Å². The number of allylic oxidation sites excluding steroid dienone is 1. The van der Waals surface area contributed by atoms with Crippen molar-refractivity contribution < 1.29 is 22.0 Å². The second-order valence-electron chi connectivity index (χ2n) is 2.79. The summed E-state index contributed by atoms with van der Waals surface area (Å²) in [6, 6.07) is 0. The van der Waals surface area contributed by atoms with E-state index in [9.17, 15) is 22.0 Å². The van der Waals surface area contributed by atoms with Gasteiger partial charge in [-0.15, -0.1) is 0 Å². The second-order valence-corrected chi connectivity index (χ2v) is 2.79. The lowest BCUT2D eigenvalue weighted by molar-refractivity contribution is 0.377. The molecule has 0 radical (unpaired) electrons. The van der Waals surface area contributed by atoms with Crippen molar-refractivity contribution in [2.45, 2.75) is 13.3 Å². The maximum atomic E-state index is 13.0. The average Bonchev–Trinajstić information content (AvgIpc) is 2.24. The molecule has 0 heterocycles. The predicted octanol–water partition coefficient (Wildman–Crippen LogP) is 3.81. The molecule has 0 N–H and O–H groups in total. The number of benzene rings is 1. The van der Waals surface area contributed by atoms with Gasteiger partial charge in [-0.3, -0.25) is 0 Å². The SMILES string of the molecule is CC/C=C\c1c(F)c(F)c(F)c(F)c1F. The Hall–Kier alpha value is -1.39. The maximum Gasteiger partial charge on any atom is 0.200 e. The topological polar surface area (TPSA) is 0 Å². The van der Waals surface area contributed by atoms with Gasteiger partial charge in [0, 0.05) is 0 Å². The summed E-state index contributed by atoms with van der Waals surface area (Å²) in [6.07, 6.45) is 2.61. The number of rotatable bonds is 2. The molecule has 0 saturated carbocycles. The molecule has 0 aliphatic rings. The lowest BCUT2D eigenvalue weighted by atomic mass is 10.1. The van der Waals surface area contributed by atoms with E-state index in [4.69, 9.17) is 0 Å². The quantitative estimate of drug-likeness (QED) is 0.405. The first-order valence-corrected chi connectivity index (χ1v) is 4.18. The van der Waals surface area contributed by atoms with Crippen molar-refractivity contribution >= 4 is 6.08 Å². The summed E-state index contributed by atoms with van der Waals surface area (Å²) in [5.74, 6) is -9.61. The Morgan fingerprint density at radius 2 is 1.20 bits per heavy atom. The largest absolute Gasteiger partial charge is 0.203 e. The van der Waals surface area contributed by atoms with Crippen molar-refractivity contribution in [3.63, 3.8) is 0 Å². The fraction of sp³-hybridized carbons (Fsp3) is 0.200. The van der Waals surface area contributed by atoms with Crippen LogP contribution in [0.15, 0.2) is 6.08 Å². The minimum absolute atomic E-state index is 0.430. The molecule has 0 amide bonds. The third-order valence-corrected chi connectivity index (χ3v) is 1.76. The molecule has 1 aromatic carbocycles. The van der Waals surface area contributed by atoms with E-state index in [2.05, 4.69) is 0 Å². The fourth-order valence-corrected chi connectivity index (χ4v) is 1.00. The molecule has 0 bridgehead atoms. The number of halogens is 5. The lowest BCUT2D eigenvalue weighted by Gasteiger charge is -2.03. The van der Waals surface area contributed by atoms with Gasteiger partial charge in [0.25, 0.3) is 0 Å². The maximum absolute atomic E-state index is 13.0. The molecular formula is C10H7F5. The highest BCUT2D eigenvalue weighted by molar-refractivity contribution is 5.51. The van der Waals surface area contributed by atoms with Crippen molar-refractivity contribution in [3.05, 3.63) is 40.7 Å². The molecule has 82 valence electrons. The Kier molecular flexibility index (Phi) is 3.44. The van der Waals surface area contributed by atoms with E-state index in [-0.39, 0.29) is 0 Å². The molecule has 0 nitrogen and oxygen atoms in total. The van der Waals surface area contributed by atoms with E-state index in [1.807, 2.05) is 0 Å². The molecule has 0 spiro atoms. The molecule has 0 unspecified atom stereocenters. The van der Waals surface area contributed by atoms with Crippen molar-refractivity contribution in [2.75, 3.05) is 0 Å². The molecule has 1 rings (SSSR count). The zero-order valence-corrected chi connectivity index (χ0v) is 7.75. The molecule has 1 aromatic rings. The predicted molar refractivity (Wildman–Crippen MR) is 45.6 cm³/mol. The van der Waals surface area contributed by atoms with Crippen molar-refractivity contribution in [3.8, 4) is 0 Å². The summed E-state index contributed by atoms with van der Waals surface area (Å²) in [5, 5.41) is 0. The molecule has 0 aromatic heterocycles. The van der Waals surface area contributed by atoms with E-state index < -0.39 is 34.6 Å².